The number of hydrogen-bond donors (Lipinski definition) is 2. The lowest BCUT2D eigenvalue weighted by Gasteiger charge is -2.46. The second-order valence-electron chi connectivity index (χ2n) is 10.2. The highest BCUT2D eigenvalue weighted by atomic mass is 35.5. The Hall–Kier alpha value is -4.37. The topological polar surface area (TPSA) is 130 Å². The Balaban J connectivity index is 2.14. The second kappa shape index (κ2) is 10.7. The average Bonchev–Trinajstić information content (AvgIpc) is 2.98. The fourth-order valence-electron chi connectivity index (χ4n) is 5.40. The van der Waals surface area contributed by atoms with E-state index in [0.717, 1.165) is 0 Å². The molecule has 1 heterocycles. The monoisotopic (exact) mass is 563 g/mol. The molecule has 10 heteroatoms. The summed E-state index contributed by atoms with van der Waals surface area (Å²) in [7, 11) is 1.50. The molecule has 0 radical (unpaired) electrons. The van der Waals surface area contributed by atoms with Crippen LogP contribution < -0.4 is 20.3 Å². The number of nitrogens with two attached hydrogens (primary N) is 1. The van der Waals surface area contributed by atoms with E-state index in [0.29, 0.717) is 22.0 Å². The second-order valence-corrected chi connectivity index (χ2v) is 10.6. The van der Waals surface area contributed by atoms with Crippen molar-refractivity contribution < 1.29 is 29.0 Å². The standard InChI is InChI=1S/C30H30ClN3O6/c1-18(2)30(26(32)37,19-9-15-22(40-4)16-10-19)34-24-8-6-5-7-23(24)33(21-13-11-20(31)12-14-21)27(38)29(3,28(34)39)17-25(35)36/h5-16,18H,17H2,1-4H3,(H2,32,37)(H,35,36). The first-order chi connectivity index (χ1) is 18.9. The number of hydrogen-bond acceptors (Lipinski definition) is 5. The van der Waals surface area contributed by atoms with Crippen molar-refractivity contribution in [2.75, 3.05) is 16.9 Å². The Morgan fingerprint density at radius 3 is 2.05 bits per heavy atom. The molecule has 3 amide bonds. The number of para-hydroxylation sites is 2. The van der Waals surface area contributed by atoms with E-state index in [1.807, 2.05) is 0 Å². The van der Waals surface area contributed by atoms with Crippen molar-refractivity contribution in [3.63, 3.8) is 0 Å². The zero-order chi connectivity index (χ0) is 29.4. The molecule has 0 spiro atoms. The number of nitrogens with zero attached hydrogens (tertiary/aromatic N) is 2. The summed E-state index contributed by atoms with van der Waals surface area (Å²) < 4.78 is 5.29. The van der Waals surface area contributed by atoms with Crippen LogP contribution in [0.1, 0.15) is 32.8 Å². The molecular formula is C30H30ClN3O6. The molecule has 0 saturated carbocycles. The van der Waals surface area contributed by atoms with Gasteiger partial charge in [0.1, 0.15) is 11.2 Å². The predicted octanol–water partition coefficient (Wildman–Crippen LogP) is 4.88. The highest BCUT2D eigenvalue weighted by Crippen LogP contribution is 2.50. The molecule has 4 rings (SSSR count). The number of methoxy groups -OCH3 is 1. The van der Waals surface area contributed by atoms with E-state index in [1.54, 1.807) is 86.6 Å². The maximum Gasteiger partial charge on any atom is 0.304 e. The van der Waals surface area contributed by atoms with Crippen LogP contribution in [0.3, 0.4) is 0 Å². The molecular weight excluding hydrogens is 534 g/mol. The van der Waals surface area contributed by atoms with E-state index in [4.69, 9.17) is 22.1 Å². The van der Waals surface area contributed by atoms with Crippen molar-refractivity contribution in [2.24, 2.45) is 17.1 Å². The Labute approximate surface area is 237 Å². The summed E-state index contributed by atoms with van der Waals surface area (Å²) in [6.45, 7) is 4.76. The van der Waals surface area contributed by atoms with E-state index >= 15 is 0 Å². The van der Waals surface area contributed by atoms with E-state index in [-0.39, 0.29) is 11.4 Å². The number of amides is 3. The predicted molar refractivity (Wildman–Crippen MR) is 152 cm³/mol. The third kappa shape index (κ3) is 4.46. The number of carboxylic acids is 1. The van der Waals surface area contributed by atoms with Gasteiger partial charge in [-0.05, 0) is 66.9 Å². The normalized spacial score (nSPS) is 18.6. The van der Waals surface area contributed by atoms with Crippen molar-refractivity contribution in [1.29, 1.82) is 0 Å². The number of carboxylic acid groups (broad SMARTS) is 1. The molecule has 3 N–H and O–H groups in total. The number of carbonyl (C=O) groups is 4. The van der Waals surface area contributed by atoms with Crippen LogP contribution in [0.15, 0.2) is 72.8 Å². The smallest absolute Gasteiger partial charge is 0.304 e. The van der Waals surface area contributed by atoms with E-state index in [1.165, 1.54) is 23.8 Å². The van der Waals surface area contributed by atoms with Gasteiger partial charge in [-0.15, -0.1) is 0 Å². The molecule has 1 aliphatic heterocycles. The van der Waals surface area contributed by atoms with Crippen LogP contribution >= 0.6 is 11.6 Å². The fourth-order valence-corrected chi connectivity index (χ4v) is 5.53. The zero-order valence-electron chi connectivity index (χ0n) is 22.6. The fraction of sp³-hybridized carbons (Fsp3) is 0.267. The van der Waals surface area contributed by atoms with Gasteiger partial charge in [0, 0.05) is 10.7 Å². The summed E-state index contributed by atoms with van der Waals surface area (Å²) >= 11 is 6.11. The van der Waals surface area contributed by atoms with Gasteiger partial charge in [0.05, 0.1) is 24.9 Å². The van der Waals surface area contributed by atoms with Crippen LogP contribution in [0, 0.1) is 11.3 Å². The molecule has 3 aromatic carbocycles. The molecule has 2 atom stereocenters. The van der Waals surface area contributed by atoms with Crippen LogP contribution in [0.5, 0.6) is 5.75 Å². The molecule has 0 aromatic heterocycles. The first-order valence-corrected chi connectivity index (χ1v) is 13.0. The van der Waals surface area contributed by atoms with Gasteiger partial charge in [-0.3, -0.25) is 29.0 Å². The lowest BCUT2D eigenvalue weighted by Crippen LogP contribution is -2.64. The number of ether oxygens (including phenoxy) is 1. The highest BCUT2D eigenvalue weighted by Gasteiger charge is 2.59. The number of benzene rings is 3. The molecule has 208 valence electrons. The SMILES string of the molecule is COc1ccc(C(C(N)=O)(C(C)C)N2C(=O)C(C)(CC(=O)O)C(=O)N(c3ccc(Cl)cc3)c3ccccc32)cc1. The largest absolute Gasteiger partial charge is 0.497 e. The summed E-state index contributed by atoms with van der Waals surface area (Å²) in [5, 5.41) is 10.3. The minimum absolute atomic E-state index is 0.216. The van der Waals surface area contributed by atoms with Crippen molar-refractivity contribution in [3.8, 4) is 5.75 Å². The summed E-state index contributed by atoms with van der Waals surface area (Å²) in [6, 6.07) is 19.5. The Morgan fingerprint density at radius 1 is 0.975 bits per heavy atom. The Kier molecular flexibility index (Phi) is 7.63. The maximum atomic E-state index is 14.7. The number of primary amides is 1. The maximum absolute atomic E-state index is 14.7. The Morgan fingerprint density at radius 2 is 1.55 bits per heavy atom. The molecule has 0 fully saturated rings. The number of aliphatic carboxylic acids is 1. The molecule has 2 unspecified atom stereocenters. The summed E-state index contributed by atoms with van der Waals surface area (Å²) in [5.74, 6) is -3.93. The number of anilines is 3. The van der Waals surface area contributed by atoms with Crippen molar-refractivity contribution in [1.82, 2.24) is 0 Å². The van der Waals surface area contributed by atoms with Crippen LogP contribution in [0.4, 0.5) is 17.1 Å². The number of rotatable bonds is 8. The quantitative estimate of drug-likeness (QED) is 0.376. The van der Waals surface area contributed by atoms with Crippen LogP contribution in [-0.4, -0.2) is 35.9 Å². The van der Waals surface area contributed by atoms with Gasteiger partial charge < -0.3 is 15.6 Å². The van der Waals surface area contributed by atoms with E-state index in [9.17, 15) is 24.3 Å². The van der Waals surface area contributed by atoms with Crippen LogP contribution in [-0.2, 0) is 24.7 Å². The molecule has 0 saturated heterocycles. The summed E-state index contributed by atoms with van der Waals surface area (Å²) in [5.41, 5.74) is 3.48. The van der Waals surface area contributed by atoms with Gasteiger partial charge in [-0.1, -0.05) is 49.7 Å². The molecule has 3 aromatic rings. The van der Waals surface area contributed by atoms with Gasteiger partial charge in [-0.2, -0.15) is 0 Å². The summed E-state index contributed by atoms with van der Waals surface area (Å²) in [6.07, 6.45) is -0.825. The number of fused-ring (bicyclic) bond motifs is 1. The van der Waals surface area contributed by atoms with Gasteiger partial charge in [0.2, 0.25) is 17.7 Å². The van der Waals surface area contributed by atoms with Crippen LogP contribution in [0.2, 0.25) is 5.02 Å². The zero-order valence-corrected chi connectivity index (χ0v) is 23.3. The van der Waals surface area contributed by atoms with Gasteiger partial charge in [-0.25, -0.2) is 0 Å². The lowest BCUT2D eigenvalue weighted by atomic mass is 9.74. The molecule has 9 nitrogen and oxygen atoms in total. The van der Waals surface area contributed by atoms with Gasteiger partial charge in [0.15, 0.2) is 5.54 Å². The molecule has 1 aliphatic rings. The lowest BCUT2D eigenvalue weighted by molar-refractivity contribution is -0.150. The first kappa shape index (κ1) is 28.6. The van der Waals surface area contributed by atoms with E-state index in [2.05, 4.69) is 0 Å². The summed E-state index contributed by atoms with van der Waals surface area (Å²) in [4.78, 5) is 57.4. The number of carbonyl (C=O) groups excluding carboxylic acids is 3. The third-order valence-electron chi connectivity index (χ3n) is 7.40. The Bertz CT molecular complexity index is 1470. The highest BCUT2D eigenvalue weighted by molar-refractivity contribution is 6.31. The minimum atomic E-state index is -2.12. The number of halogens is 1. The average molecular weight is 564 g/mol. The van der Waals surface area contributed by atoms with Crippen LogP contribution in [0.25, 0.3) is 0 Å². The van der Waals surface area contributed by atoms with E-state index < -0.39 is 47.0 Å². The molecule has 0 bridgehead atoms. The van der Waals surface area contributed by atoms with Gasteiger partial charge >= 0.3 is 5.97 Å². The first-order valence-electron chi connectivity index (χ1n) is 12.6. The third-order valence-corrected chi connectivity index (χ3v) is 7.65. The van der Waals surface area contributed by atoms with Crippen molar-refractivity contribution >= 4 is 52.4 Å². The van der Waals surface area contributed by atoms with Crippen molar-refractivity contribution in [3.05, 3.63) is 83.4 Å². The van der Waals surface area contributed by atoms with Crippen molar-refractivity contribution in [2.45, 2.75) is 32.7 Å². The minimum Gasteiger partial charge on any atom is -0.497 e. The molecule has 40 heavy (non-hydrogen) atoms. The van der Waals surface area contributed by atoms with Gasteiger partial charge in [0.25, 0.3) is 0 Å². The molecule has 0 aliphatic carbocycles.